The molecule has 4 aromatic carbocycles. The summed E-state index contributed by atoms with van der Waals surface area (Å²) < 4.78 is 7.56. The van der Waals surface area contributed by atoms with Gasteiger partial charge in [0.1, 0.15) is 0 Å². The Morgan fingerprint density at radius 2 is 0.452 bits per heavy atom. The zero-order chi connectivity index (χ0) is 49.5. The first-order chi connectivity index (χ1) is 35.4. The van der Waals surface area contributed by atoms with Gasteiger partial charge in [-0.15, -0.1) is 0 Å². The van der Waals surface area contributed by atoms with E-state index >= 15 is 0 Å². The van der Waals surface area contributed by atoms with Crippen molar-refractivity contribution in [3.8, 4) is 0 Å². The fourth-order valence-corrected chi connectivity index (χ4v) is 7.99. The van der Waals surface area contributed by atoms with Gasteiger partial charge >= 0.3 is 0 Å². The maximum absolute atomic E-state index is 5.31. The van der Waals surface area contributed by atoms with Gasteiger partial charge in [0, 0.05) is 216 Å². The molecule has 8 aromatic heterocycles. The number of aryl methyl sites for hydroxylation is 4. The Balaban J connectivity index is 0.000000231. The van der Waals surface area contributed by atoms with Crippen molar-refractivity contribution in [3.63, 3.8) is 0 Å². The van der Waals surface area contributed by atoms with Crippen LogP contribution in [-0.4, -0.2) is 38.2 Å². The van der Waals surface area contributed by atoms with Crippen LogP contribution in [0.25, 0.3) is 0 Å². The number of benzene rings is 4. The molecule has 9 heterocycles. The van der Waals surface area contributed by atoms with Gasteiger partial charge in [-0.05, 0) is 118 Å². The monoisotopic (exact) mass is 996 g/mol. The van der Waals surface area contributed by atoms with Crippen molar-refractivity contribution in [1.82, 2.24) is 58.1 Å². The summed E-state index contributed by atoms with van der Waals surface area (Å²) in [6.07, 6.45) is 21.6. The van der Waals surface area contributed by atoms with Crippen molar-refractivity contribution in [2.75, 3.05) is 0 Å². The average molecular weight is 997 g/mol. The van der Waals surface area contributed by atoms with E-state index in [1.165, 1.54) is 0 Å². The maximum Gasteiger partial charge on any atom is 0.0943 e. The molecule has 0 fully saturated rings. The minimum absolute atomic E-state index is 0. The summed E-state index contributed by atoms with van der Waals surface area (Å²) in [5.41, 5.74) is 11.1. The number of hydrogen-bond acceptors (Lipinski definition) is 4. The van der Waals surface area contributed by atoms with Crippen LogP contribution >= 0.6 is 0 Å². The van der Waals surface area contributed by atoms with Crippen LogP contribution < -0.4 is 19.9 Å². The first-order valence-corrected chi connectivity index (χ1v) is 23.3. The van der Waals surface area contributed by atoms with Crippen LogP contribution in [0.3, 0.4) is 0 Å². The smallest absolute Gasteiger partial charge is 0.0943 e. The van der Waals surface area contributed by atoms with E-state index in [0.29, 0.717) is 0 Å². The molecule has 12 nitrogen and oxygen atoms in total. The Morgan fingerprint density at radius 3 is 0.575 bits per heavy atom. The average Bonchev–Trinajstić information content (AvgIpc) is 4.26. The summed E-state index contributed by atoms with van der Waals surface area (Å²) >= 11 is 0. The fraction of sp³-hybridized carbons (Fsp3) is 0.0667. The molecule has 1 aliphatic rings. The van der Waals surface area contributed by atoms with Crippen LogP contribution in [0.4, 0.5) is 0 Å². The standard InChI is InChI=1S/C44H28N4.4C4H6N2.Fe/c1-5-13-29(14-6-1)41-33-21-23-35(45-33)42(30-15-7-2-8-16-30)37-25-27-39(47-37)44(32-19-11-4-12-20-32)40-28-26-38(48-40)43(31-17-9-3-10-18-31)36-24-22-34(41)46-36;4*1-6-3-2-5-4-6;/h1-28H;4*2-4H,1H3;. The summed E-state index contributed by atoms with van der Waals surface area (Å²) in [5.74, 6) is 3.91. The van der Waals surface area contributed by atoms with E-state index in [1.807, 2.05) is 95.5 Å². The van der Waals surface area contributed by atoms with E-state index in [-0.39, 0.29) is 17.1 Å². The van der Waals surface area contributed by atoms with Gasteiger partial charge in [0.15, 0.2) is 0 Å². The molecule has 0 unspecified atom stereocenters. The second kappa shape index (κ2) is 24.6. The number of fused-ring (bicyclic) bond motifs is 8. The minimum Gasteiger partial charge on any atom is -0.628 e. The van der Waals surface area contributed by atoms with Crippen molar-refractivity contribution in [2.24, 2.45) is 28.2 Å². The molecule has 73 heavy (non-hydrogen) atoms. The van der Waals surface area contributed by atoms with Gasteiger partial charge in [-0.2, -0.15) is 0 Å². The first-order valence-electron chi connectivity index (χ1n) is 23.3. The zero-order valence-electron chi connectivity index (χ0n) is 40.8. The molecule has 0 radical (unpaired) electrons. The summed E-state index contributed by atoms with van der Waals surface area (Å²) in [4.78, 5) is 36.4. The molecule has 0 atom stereocenters. The van der Waals surface area contributed by atoms with Gasteiger partial charge in [-0.3, -0.25) is 0 Å². The summed E-state index contributed by atoms with van der Waals surface area (Å²) in [7, 11) is 7.75. The summed E-state index contributed by atoms with van der Waals surface area (Å²) in [6, 6.07) is 58.4. The predicted octanol–water partition coefficient (Wildman–Crippen LogP) is 9.58. The topological polar surface area (TPSA) is 128 Å². The van der Waals surface area contributed by atoms with Crippen LogP contribution in [0.2, 0.25) is 0 Å². The van der Waals surface area contributed by atoms with Gasteiger partial charge < -0.3 is 38.2 Å². The van der Waals surface area contributed by atoms with E-state index < -0.39 is 0 Å². The largest absolute Gasteiger partial charge is 0.628 e. The number of nitrogens with zero attached hydrogens (tertiary/aromatic N) is 12. The third-order valence-electron chi connectivity index (χ3n) is 11.4. The van der Waals surface area contributed by atoms with Crippen molar-refractivity contribution < 1.29 is 17.1 Å². The molecule has 8 bridgehead atoms. The maximum atomic E-state index is 5.31. The molecule has 13 heteroatoms. The van der Waals surface area contributed by atoms with Crippen LogP contribution in [0.15, 0.2) is 245 Å². The number of hydrogen-bond donors (Lipinski definition) is 0. The molecule has 0 aliphatic carbocycles. The van der Waals surface area contributed by atoms with E-state index in [2.05, 4.69) is 166 Å². The van der Waals surface area contributed by atoms with Crippen LogP contribution in [0.1, 0.15) is 67.8 Å². The van der Waals surface area contributed by atoms with Gasteiger partial charge in [0.25, 0.3) is 0 Å². The summed E-state index contributed by atoms with van der Waals surface area (Å²) in [5, 5.41) is 0. The van der Waals surface area contributed by atoms with E-state index in [9.17, 15) is 0 Å². The van der Waals surface area contributed by atoms with Crippen LogP contribution in [0.5, 0.6) is 0 Å². The van der Waals surface area contributed by atoms with E-state index in [0.717, 1.165) is 91.5 Å². The molecule has 13 rings (SSSR count). The molecular weight excluding hydrogens is 945 g/mol. The molecule has 1 aliphatic heterocycles. The minimum atomic E-state index is 0. The normalized spacial score (nSPS) is 11.3. The Hall–Kier alpha value is -9.16. The van der Waals surface area contributed by atoms with Crippen molar-refractivity contribution >= 4 is 0 Å². The van der Waals surface area contributed by atoms with E-state index in [4.69, 9.17) is 19.9 Å². The molecule has 0 N–H and O–H groups in total. The Labute approximate surface area is 437 Å². The van der Waals surface area contributed by atoms with Crippen molar-refractivity contribution in [1.29, 1.82) is 0 Å². The molecule has 0 amide bonds. The SMILES string of the molecule is Cn1ccnc1.Cn1ccnc1.Cn1ccnc1.Cn1ccnc1.[Fe].c1ccc([C+]2c3ccc([n-]3)[C+](c3ccccc3)c3ccc([n-]3)[C+](c3ccccc3)c3ccc([n-]3)[C+](c3ccccc3)c3ccc2[n-]3)cc1. The number of aromatic nitrogens is 12. The van der Waals surface area contributed by atoms with Crippen molar-refractivity contribution in [3.05, 3.63) is 336 Å². The third-order valence-corrected chi connectivity index (χ3v) is 11.4. The molecule has 0 saturated heterocycles. The third kappa shape index (κ3) is 12.8. The predicted molar refractivity (Wildman–Crippen MR) is 280 cm³/mol. The number of imidazole rings is 4. The van der Waals surface area contributed by atoms with Gasteiger partial charge in [0.2, 0.25) is 0 Å². The molecule has 0 saturated carbocycles. The Morgan fingerprint density at radius 1 is 0.274 bits per heavy atom. The van der Waals surface area contributed by atoms with E-state index in [1.54, 1.807) is 50.1 Å². The molecular formula is C60H52FeN12. The van der Waals surface area contributed by atoms with Crippen LogP contribution in [-0.2, 0) is 45.3 Å². The fourth-order valence-electron chi connectivity index (χ4n) is 7.99. The second-order valence-electron chi connectivity index (χ2n) is 16.7. The van der Waals surface area contributed by atoms with Gasteiger partial charge in [-0.1, -0.05) is 0 Å². The van der Waals surface area contributed by atoms with Gasteiger partial charge in [0.05, 0.1) is 47.6 Å². The molecule has 360 valence electrons. The Kier molecular flexibility index (Phi) is 16.9. The second-order valence-corrected chi connectivity index (χ2v) is 16.7. The van der Waals surface area contributed by atoms with Gasteiger partial charge in [-0.25, -0.2) is 19.9 Å². The number of rotatable bonds is 4. The summed E-state index contributed by atoms with van der Waals surface area (Å²) in [6.45, 7) is 0. The quantitative estimate of drug-likeness (QED) is 0.126. The molecule has 0 spiro atoms. The zero-order valence-corrected chi connectivity index (χ0v) is 41.9. The van der Waals surface area contributed by atoms with Crippen LogP contribution in [0, 0.1) is 23.7 Å². The van der Waals surface area contributed by atoms with Crippen molar-refractivity contribution in [2.45, 2.75) is 0 Å². The first kappa shape index (κ1) is 50.2. The Bertz CT molecular complexity index is 2820. The molecule has 12 aromatic rings.